The van der Waals surface area contributed by atoms with Gasteiger partial charge in [0.25, 0.3) is 5.56 Å². The Balaban J connectivity index is 2.61. The van der Waals surface area contributed by atoms with E-state index in [0.717, 1.165) is 5.56 Å². The van der Waals surface area contributed by atoms with Crippen LogP contribution in [0, 0.1) is 27.7 Å². The molecule has 2 aromatic rings. The van der Waals surface area contributed by atoms with E-state index in [4.69, 9.17) is 4.52 Å². The van der Waals surface area contributed by atoms with Gasteiger partial charge >= 0.3 is 5.97 Å². The second-order valence-electron chi connectivity index (χ2n) is 4.82. The minimum absolute atomic E-state index is 0.163. The lowest BCUT2D eigenvalue weighted by Crippen LogP contribution is -2.26. The van der Waals surface area contributed by atoms with Crippen molar-refractivity contribution in [3.05, 3.63) is 50.3 Å². The number of carboxylic acids is 1. The standard InChI is InChI=1S/C14H16N2O4/c1-7-5-12(17)16(9(3)13(7)14(18)19)6-11-8(2)15-20-10(11)4/h5H,6H2,1-4H3,(H,18,19). The minimum Gasteiger partial charge on any atom is -0.478 e. The number of nitrogens with zero attached hydrogens (tertiary/aromatic N) is 2. The molecule has 0 aliphatic heterocycles. The zero-order valence-electron chi connectivity index (χ0n) is 11.9. The highest BCUT2D eigenvalue weighted by Gasteiger charge is 2.18. The van der Waals surface area contributed by atoms with Crippen molar-refractivity contribution >= 4 is 5.97 Å². The minimum atomic E-state index is -1.03. The van der Waals surface area contributed by atoms with E-state index in [0.29, 0.717) is 22.7 Å². The van der Waals surface area contributed by atoms with Crippen molar-refractivity contribution in [1.82, 2.24) is 9.72 Å². The van der Waals surface area contributed by atoms with E-state index in [-0.39, 0.29) is 17.7 Å². The summed E-state index contributed by atoms with van der Waals surface area (Å²) in [5.74, 6) is -0.404. The van der Waals surface area contributed by atoms with Gasteiger partial charge in [0.1, 0.15) is 5.76 Å². The molecule has 0 aliphatic rings. The molecule has 1 N–H and O–H groups in total. The predicted molar refractivity (Wildman–Crippen MR) is 72.2 cm³/mol. The molecule has 0 aliphatic carbocycles. The molecule has 106 valence electrons. The first-order valence-electron chi connectivity index (χ1n) is 6.19. The van der Waals surface area contributed by atoms with Crippen LogP contribution in [0.1, 0.15) is 38.6 Å². The van der Waals surface area contributed by atoms with Crippen molar-refractivity contribution < 1.29 is 14.4 Å². The summed E-state index contributed by atoms with van der Waals surface area (Å²) >= 11 is 0. The first-order valence-corrected chi connectivity index (χ1v) is 6.19. The van der Waals surface area contributed by atoms with Gasteiger partial charge in [-0.2, -0.15) is 0 Å². The van der Waals surface area contributed by atoms with E-state index < -0.39 is 5.97 Å². The van der Waals surface area contributed by atoms with Gasteiger partial charge < -0.3 is 14.2 Å². The number of aromatic nitrogens is 2. The topological polar surface area (TPSA) is 85.3 Å². The fraction of sp³-hybridized carbons (Fsp3) is 0.357. The number of pyridine rings is 1. The fourth-order valence-electron chi connectivity index (χ4n) is 2.33. The molecular weight excluding hydrogens is 260 g/mol. The fourth-order valence-corrected chi connectivity index (χ4v) is 2.33. The largest absolute Gasteiger partial charge is 0.478 e. The molecule has 0 aromatic carbocycles. The van der Waals surface area contributed by atoms with E-state index in [1.165, 1.54) is 10.6 Å². The van der Waals surface area contributed by atoms with Crippen LogP contribution < -0.4 is 5.56 Å². The third-order valence-electron chi connectivity index (χ3n) is 3.48. The highest BCUT2D eigenvalue weighted by Crippen LogP contribution is 2.16. The molecular formula is C14H16N2O4. The van der Waals surface area contributed by atoms with E-state index in [9.17, 15) is 14.7 Å². The first kappa shape index (κ1) is 14.0. The van der Waals surface area contributed by atoms with Crippen LogP contribution in [0.5, 0.6) is 0 Å². The Labute approximate surface area is 115 Å². The van der Waals surface area contributed by atoms with Crippen LogP contribution in [0.2, 0.25) is 0 Å². The summed E-state index contributed by atoms with van der Waals surface area (Å²) in [6.45, 7) is 7.07. The molecule has 0 unspecified atom stereocenters. The number of aromatic carboxylic acids is 1. The number of hydrogen-bond donors (Lipinski definition) is 1. The van der Waals surface area contributed by atoms with Crippen LogP contribution in [0.4, 0.5) is 0 Å². The normalized spacial score (nSPS) is 10.8. The molecule has 0 radical (unpaired) electrons. The van der Waals surface area contributed by atoms with Crippen molar-refractivity contribution in [3.8, 4) is 0 Å². The monoisotopic (exact) mass is 276 g/mol. The third-order valence-corrected chi connectivity index (χ3v) is 3.48. The van der Waals surface area contributed by atoms with Gasteiger partial charge in [0, 0.05) is 17.3 Å². The van der Waals surface area contributed by atoms with Crippen LogP contribution in [0.15, 0.2) is 15.4 Å². The summed E-state index contributed by atoms with van der Waals surface area (Å²) < 4.78 is 6.50. The van der Waals surface area contributed by atoms with Crippen molar-refractivity contribution in [2.45, 2.75) is 34.2 Å². The molecule has 2 aromatic heterocycles. The van der Waals surface area contributed by atoms with Gasteiger partial charge in [-0.25, -0.2) is 4.79 Å². The maximum absolute atomic E-state index is 12.1. The lowest BCUT2D eigenvalue weighted by molar-refractivity contribution is 0.0694. The first-order chi connectivity index (χ1) is 9.32. The van der Waals surface area contributed by atoms with E-state index in [1.807, 2.05) is 0 Å². The molecule has 0 atom stereocenters. The highest BCUT2D eigenvalue weighted by molar-refractivity contribution is 5.90. The van der Waals surface area contributed by atoms with Gasteiger partial charge in [-0.1, -0.05) is 5.16 Å². The molecule has 6 nitrogen and oxygen atoms in total. The average molecular weight is 276 g/mol. The highest BCUT2D eigenvalue weighted by atomic mass is 16.5. The summed E-state index contributed by atoms with van der Waals surface area (Å²) in [4.78, 5) is 23.4. The van der Waals surface area contributed by atoms with E-state index in [2.05, 4.69) is 5.16 Å². The Kier molecular flexibility index (Phi) is 3.48. The molecule has 0 amide bonds. The summed E-state index contributed by atoms with van der Waals surface area (Å²) in [5, 5.41) is 13.1. The number of carbonyl (C=O) groups is 1. The van der Waals surface area contributed by atoms with Crippen molar-refractivity contribution in [2.75, 3.05) is 0 Å². The van der Waals surface area contributed by atoms with Crippen LogP contribution in [-0.4, -0.2) is 20.8 Å². The summed E-state index contributed by atoms with van der Waals surface area (Å²) in [7, 11) is 0. The molecule has 2 rings (SSSR count). The second kappa shape index (κ2) is 4.96. The van der Waals surface area contributed by atoms with E-state index >= 15 is 0 Å². The van der Waals surface area contributed by atoms with Crippen molar-refractivity contribution in [1.29, 1.82) is 0 Å². The van der Waals surface area contributed by atoms with Crippen LogP contribution in [0.25, 0.3) is 0 Å². The maximum atomic E-state index is 12.1. The lowest BCUT2D eigenvalue weighted by atomic mass is 10.1. The predicted octanol–water partition coefficient (Wildman–Crippen LogP) is 1.82. The Morgan fingerprint density at radius 2 is 2.00 bits per heavy atom. The Morgan fingerprint density at radius 1 is 1.35 bits per heavy atom. The van der Waals surface area contributed by atoms with Gasteiger partial charge in [-0.3, -0.25) is 4.79 Å². The quantitative estimate of drug-likeness (QED) is 0.924. The van der Waals surface area contributed by atoms with Gasteiger partial charge in [0.05, 0.1) is 17.8 Å². The summed E-state index contributed by atoms with van der Waals surface area (Å²) in [5.41, 5.74) is 2.33. The average Bonchev–Trinajstić information content (AvgIpc) is 2.64. The Bertz CT molecular complexity index is 721. The molecule has 6 heteroatoms. The van der Waals surface area contributed by atoms with Gasteiger partial charge in [0.15, 0.2) is 0 Å². The van der Waals surface area contributed by atoms with Gasteiger partial charge in [-0.15, -0.1) is 0 Å². The number of rotatable bonds is 3. The molecule has 0 saturated heterocycles. The summed E-state index contributed by atoms with van der Waals surface area (Å²) in [6.07, 6.45) is 0. The number of aryl methyl sites for hydroxylation is 3. The Hall–Kier alpha value is -2.37. The van der Waals surface area contributed by atoms with Crippen molar-refractivity contribution in [3.63, 3.8) is 0 Å². The summed E-state index contributed by atoms with van der Waals surface area (Å²) in [6, 6.07) is 1.34. The van der Waals surface area contributed by atoms with Crippen LogP contribution in [0.3, 0.4) is 0 Å². The van der Waals surface area contributed by atoms with Crippen molar-refractivity contribution in [2.24, 2.45) is 0 Å². The number of carboxylic acid groups (broad SMARTS) is 1. The van der Waals surface area contributed by atoms with Gasteiger partial charge in [0.2, 0.25) is 0 Å². The number of hydrogen-bond acceptors (Lipinski definition) is 4. The maximum Gasteiger partial charge on any atom is 0.337 e. The Morgan fingerprint density at radius 3 is 2.50 bits per heavy atom. The van der Waals surface area contributed by atoms with Gasteiger partial charge in [-0.05, 0) is 33.3 Å². The van der Waals surface area contributed by atoms with Crippen LogP contribution >= 0.6 is 0 Å². The molecule has 20 heavy (non-hydrogen) atoms. The molecule has 0 spiro atoms. The second-order valence-corrected chi connectivity index (χ2v) is 4.82. The SMILES string of the molecule is Cc1cc(=O)n(Cc2c(C)noc2C)c(C)c1C(=O)O. The van der Waals surface area contributed by atoms with Crippen LogP contribution in [-0.2, 0) is 6.54 Å². The lowest BCUT2D eigenvalue weighted by Gasteiger charge is -2.13. The molecule has 0 bridgehead atoms. The molecule has 0 saturated carbocycles. The van der Waals surface area contributed by atoms with E-state index in [1.54, 1.807) is 27.7 Å². The zero-order valence-corrected chi connectivity index (χ0v) is 11.9. The molecule has 2 heterocycles. The third kappa shape index (κ3) is 2.24. The molecule has 0 fully saturated rings. The zero-order chi connectivity index (χ0) is 15.0. The smallest absolute Gasteiger partial charge is 0.337 e.